The molecule has 0 aliphatic carbocycles. The molecule has 8 nitrogen and oxygen atoms in total. The number of anilines is 1. The van der Waals surface area contributed by atoms with Crippen molar-refractivity contribution in [2.45, 2.75) is 23.1 Å². The Labute approximate surface area is 169 Å². The zero-order valence-electron chi connectivity index (χ0n) is 14.3. The quantitative estimate of drug-likeness (QED) is 0.708. The number of sulfonamides is 1. The van der Waals surface area contributed by atoms with Crippen molar-refractivity contribution in [3.8, 4) is 0 Å². The van der Waals surface area contributed by atoms with Crippen molar-refractivity contribution < 1.29 is 22.8 Å². The first-order valence-electron chi connectivity index (χ1n) is 8.35. The predicted octanol–water partition coefficient (Wildman–Crippen LogP) is 2.08. The smallest absolute Gasteiger partial charge is 0.259 e. The zero-order valence-corrected chi connectivity index (χ0v) is 16.7. The highest BCUT2D eigenvalue weighted by molar-refractivity contribution is 7.91. The van der Waals surface area contributed by atoms with Gasteiger partial charge >= 0.3 is 0 Å². The standard InChI is InChI=1S/C17H14ClN3O5S2/c18-13-5-6-14(27-13)28(25,26)21-7-1-2-12(21)17(24)19-9-3-4-10-11(8-9)16(23)20-15(10)22/h3-6,8,12H,1-2,7H2,(H,19,24)(H,20,22,23)/t12-/m0/s1. The molecule has 146 valence electrons. The predicted molar refractivity (Wildman–Crippen MR) is 103 cm³/mol. The molecular formula is C17H14ClN3O5S2. The fraction of sp³-hybridized carbons (Fsp3) is 0.235. The summed E-state index contributed by atoms with van der Waals surface area (Å²) in [5.74, 6) is -1.51. The number of nitrogens with one attached hydrogen (secondary N) is 2. The number of carbonyl (C=O) groups excluding carboxylic acids is 3. The van der Waals surface area contributed by atoms with Gasteiger partial charge in [0.05, 0.1) is 15.5 Å². The number of amides is 3. The Morgan fingerprint density at radius 2 is 1.93 bits per heavy atom. The molecule has 0 spiro atoms. The average Bonchev–Trinajstić information content (AvgIpc) is 3.35. The van der Waals surface area contributed by atoms with Crippen LogP contribution in [-0.4, -0.2) is 43.0 Å². The molecule has 1 saturated heterocycles. The Bertz CT molecular complexity index is 1110. The number of imide groups is 1. The summed E-state index contributed by atoms with van der Waals surface area (Å²) in [4.78, 5) is 36.1. The minimum Gasteiger partial charge on any atom is -0.325 e. The first-order valence-corrected chi connectivity index (χ1v) is 11.0. The van der Waals surface area contributed by atoms with Crippen molar-refractivity contribution in [1.82, 2.24) is 9.62 Å². The largest absolute Gasteiger partial charge is 0.325 e. The Balaban J connectivity index is 1.56. The molecule has 0 saturated carbocycles. The molecule has 1 atom stereocenters. The minimum atomic E-state index is -3.83. The maximum absolute atomic E-state index is 12.9. The molecule has 3 heterocycles. The van der Waals surface area contributed by atoms with Crippen LogP contribution in [0.25, 0.3) is 0 Å². The number of nitrogens with zero attached hydrogens (tertiary/aromatic N) is 1. The molecular weight excluding hydrogens is 426 g/mol. The molecule has 0 unspecified atom stereocenters. The van der Waals surface area contributed by atoms with Crippen LogP contribution in [0, 0.1) is 0 Å². The monoisotopic (exact) mass is 439 g/mol. The van der Waals surface area contributed by atoms with Gasteiger partial charge in [0.2, 0.25) is 5.91 Å². The van der Waals surface area contributed by atoms with Crippen LogP contribution in [0.1, 0.15) is 33.6 Å². The number of thiophene rings is 1. The summed E-state index contributed by atoms with van der Waals surface area (Å²) >= 11 is 6.79. The molecule has 1 aromatic heterocycles. The number of hydrogen-bond donors (Lipinski definition) is 2. The zero-order chi connectivity index (χ0) is 20.1. The van der Waals surface area contributed by atoms with E-state index in [0.29, 0.717) is 22.9 Å². The van der Waals surface area contributed by atoms with Gasteiger partial charge in [0.1, 0.15) is 10.3 Å². The molecule has 0 bridgehead atoms. The third-order valence-corrected chi connectivity index (χ3v) is 8.23. The van der Waals surface area contributed by atoms with Crippen molar-refractivity contribution in [2.75, 3.05) is 11.9 Å². The topological polar surface area (TPSA) is 113 Å². The highest BCUT2D eigenvalue weighted by Gasteiger charge is 2.40. The summed E-state index contributed by atoms with van der Waals surface area (Å²) in [7, 11) is -3.83. The molecule has 11 heteroatoms. The molecule has 3 amide bonds. The molecule has 2 aromatic rings. The van der Waals surface area contributed by atoms with Crippen molar-refractivity contribution in [3.63, 3.8) is 0 Å². The normalized spacial score (nSPS) is 19.5. The van der Waals surface area contributed by atoms with Crippen LogP contribution in [0.2, 0.25) is 4.34 Å². The molecule has 4 rings (SSSR count). The fourth-order valence-corrected chi connectivity index (χ4v) is 6.58. The van der Waals surface area contributed by atoms with Gasteiger partial charge < -0.3 is 5.32 Å². The van der Waals surface area contributed by atoms with Crippen molar-refractivity contribution in [2.24, 2.45) is 0 Å². The maximum Gasteiger partial charge on any atom is 0.259 e. The average molecular weight is 440 g/mol. The lowest BCUT2D eigenvalue weighted by molar-refractivity contribution is -0.119. The molecule has 0 radical (unpaired) electrons. The van der Waals surface area contributed by atoms with E-state index in [0.717, 1.165) is 11.3 Å². The summed E-state index contributed by atoms with van der Waals surface area (Å²) in [5.41, 5.74) is 0.728. The lowest BCUT2D eigenvalue weighted by Gasteiger charge is -2.22. The van der Waals surface area contributed by atoms with E-state index >= 15 is 0 Å². The number of carbonyl (C=O) groups is 3. The van der Waals surface area contributed by atoms with E-state index in [1.807, 2.05) is 0 Å². The molecule has 1 fully saturated rings. The van der Waals surface area contributed by atoms with Gasteiger partial charge in [0, 0.05) is 12.2 Å². The third kappa shape index (κ3) is 3.22. The van der Waals surface area contributed by atoms with E-state index in [1.54, 1.807) is 0 Å². The summed E-state index contributed by atoms with van der Waals surface area (Å²) in [6, 6.07) is 6.41. The summed E-state index contributed by atoms with van der Waals surface area (Å²) in [6.07, 6.45) is 0.936. The van der Waals surface area contributed by atoms with Crippen LogP contribution in [0.3, 0.4) is 0 Å². The lowest BCUT2D eigenvalue weighted by atomic mass is 10.1. The molecule has 2 aliphatic rings. The van der Waals surface area contributed by atoms with Gasteiger partial charge in [-0.1, -0.05) is 11.6 Å². The Morgan fingerprint density at radius 3 is 2.64 bits per heavy atom. The molecule has 1 aromatic carbocycles. The highest BCUT2D eigenvalue weighted by Crippen LogP contribution is 2.32. The van der Waals surface area contributed by atoms with E-state index in [-0.39, 0.29) is 21.9 Å². The van der Waals surface area contributed by atoms with E-state index in [2.05, 4.69) is 10.6 Å². The molecule has 2 aliphatic heterocycles. The van der Waals surface area contributed by atoms with Crippen molar-refractivity contribution in [3.05, 3.63) is 45.8 Å². The van der Waals surface area contributed by atoms with E-state index in [4.69, 9.17) is 11.6 Å². The SMILES string of the molecule is O=C1NC(=O)c2cc(NC(=O)[C@@H]3CCCN3S(=O)(=O)c3ccc(Cl)s3)ccc21. The van der Waals surface area contributed by atoms with E-state index in [9.17, 15) is 22.8 Å². The summed E-state index contributed by atoms with van der Waals surface area (Å²) in [5, 5.41) is 4.83. The van der Waals surface area contributed by atoms with Gasteiger partial charge in [-0.2, -0.15) is 4.31 Å². The second-order valence-corrected chi connectivity index (χ2v) is 10.2. The van der Waals surface area contributed by atoms with Crippen molar-refractivity contribution >= 4 is 56.4 Å². The summed E-state index contributed by atoms with van der Waals surface area (Å²) < 4.78 is 27.3. The van der Waals surface area contributed by atoms with Gasteiger partial charge in [-0.3, -0.25) is 19.7 Å². The third-order valence-electron chi connectivity index (χ3n) is 4.62. The molecule has 2 N–H and O–H groups in total. The lowest BCUT2D eigenvalue weighted by Crippen LogP contribution is -2.42. The van der Waals surface area contributed by atoms with Gasteiger partial charge in [0.25, 0.3) is 21.8 Å². The first-order chi connectivity index (χ1) is 13.3. The molecule has 28 heavy (non-hydrogen) atoms. The van der Waals surface area contributed by atoms with Gasteiger partial charge in [-0.25, -0.2) is 8.42 Å². The second kappa shape index (κ2) is 6.96. The van der Waals surface area contributed by atoms with Gasteiger partial charge in [0.15, 0.2) is 0 Å². The maximum atomic E-state index is 12.9. The first kappa shape index (κ1) is 19.1. The minimum absolute atomic E-state index is 0.0879. The van der Waals surface area contributed by atoms with Crippen LogP contribution in [0.15, 0.2) is 34.5 Å². The fourth-order valence-electron chi connectivity index (χ4n) is 3.31. The Morgan fingerprint density at radius 1 is 1.18 bits per heavy atom. The number of rotatable bonds is 4. The number of hydrogen-bond acceptors (Lipinski definition) is 6. The Kier molecular flexibility index (Phi) is 4.74. The number of halogens is 1. The van der Waals surface area contributed by atoms with Crippen LogP contribution >= 0.6 is 22.9 Å². The second-order valence-electron chi connectivity index (χ2n) is 6.37. The number of fused-ring (bicyclic) bond motifs is 1. The number of benzene rings is 1. The van der Waals surface area contributed by atoms with E-state index < -0.39 is 33.8 Å². The van der Waals surface area contributed by atoms with Crippen molar-refractivity contribution in [1.29, 1.82) is 0 Å². The van der Waals surface area contributed by atoms with Crippen LogP contribution in [0.4, 0.5) is 5.69 Å². The van der Waals surface area contributed by atoms with E-state index in [1.165, 1.54) is 34.6 Å². The van der Waals surface area contributed by atoms with Crippen LogP contribution < -0.4 is 10.6 Å². The highest BCUT2D eigenvalue weighted by atomic mass is 35.5. The summed E-state index contributed by atoms with van der Waals surface area (Å²) in [6.45, 7) is 0.233. The van der Waals surface area contributed by atoms with Crippen LogP contribution in [-0.2, 0) is 14.8 Å². The van der Waals surface area contributed by atoms with Crippen LogP contribution in [0.5, 0.6) is 0 Å². The van der Waals surface area contributed by atoms with Gasteiger partial charge in [-0.05, 0) is 43.2 Å². The van der Waals surface area contributed by atoms with Gasteiger partial charge in [-0.15, -0.1) is 11.3 Å². The Hall–Kier alpha value is -2.27.